The van der Waals surface area contributed by atoms with Gasteiger partial charge in [0.2, 0.25) is 0 Å². The molecule has 1 N–H and O–H groups in total. The second-order valence-electron chi connectivity index (χ2n) is 6.42. The van der Waals surface area contributed by atoms with E-state index in [1.807, 2.05) is 24.3 Å². The molecule has 0 atom stereocenters. The first-order valence-corrected chi connectivity index (χ1v) is 9.04. The molecule has 0 radical (unpaired) electrons. The summed E-state index contributed by atoms with van der Waals surface area (Å²) < 4.78 is 21.4. The topological polar surface area (TPSA) is 66.0 Å². The predicted octanol–water partition coefficient (Wildman–Crippen LogP) is 3.02. The largest absolute Gasteiger partial charge is 0.497 e. The van der Waals surface area contributed by atoms with Gasteiger partial charge in [-0.1, -0.05) is 6.07 Å². The summed E-state index contributed by atoms with van der Waals surface area (Å²) in [4.78, 5) is 12.7. The van der Waals surface area contributed by atoms with Crippen molar-refractivity contribution in [1.82, 2.24) is 5.32 Å². The maximum atomic E-state index is 12.7. The van der Waals surface area contributed by atoms with Crippen LogP contribution in [0.2, 0.25) is 0 Å². The van der Waals surface area contributed by atoms with Gasteiger partial charge in [-0.15, -0.1) is 0 Å². The van der Waals surface area contributed by atoms with E-state index in [0.29, 0.717) is 23.0 Å². The highest BCUT2D eigenvalue weighted by Crippen LogP contribution is 2.35. The fourth-order valence-electron chi connectivity index (χ4n) is 3.33. The number of carbonyl (C=O) groups is 1. The van der Waals surface area contributed by atoms with E-state index in [1.165, 1.54) is 0 Å². The first-order valence-electron chi connectivity index (χ1n) is 9.04. The molecule has 0 saturated heterocycles. The molecule has 148 valence electrons. The van der Waals surface area contributed by atoms with Crippen molar-refractivity contribution in [2.45, 2.75) is 12.8 Å². The highest BCUT2D eigenvalue weighted by Gasteiger charge is 2.19. The third kappa shape index (κ3) is 4.06. The van der Waals surface area contributed by atoms with Gasteiger partial charge < -0.3 is 24.3 Å². The zero-order valence-corrected chi connectivity index (χ0v) is 16.6. The van der Waals surface area contributed by atoms with Gasteiger partial charge in [-0.25, -0.2) is 0 Å². The van der Waals surface area contributed by atoms with Gasteiger partial charge in [0.05, 0.1) is 28.4 Å². The van der Waals surface area contributed by atoms with Crippen LogP contribution >= 0.6 is 0 Å². The first kappa shape index (κ1) is 19.6. The van der Waals surface area contributed by atoms with Gasteiger partial charge in [0, 0.05) is 41.9 Å². The first-order chi connectivity index (χ1) is 13.6. The van der Waals surface area contributed by atoms with Crippen LogP contribution in [0.4, 0.5) is 0 Å². The summed E-state index contributed by atoms with van der Waals surface area (Å²) in [5, 5.41) is 3.32. The van der Waals surface area contributed by atoms with Crippen molar-refractivity contribution in [3.63, 3.8) is 0 Å². The Morgan fingerprint density at radius 3 is 2.36 bits per heavy atom. The molecule has 0 bridgehead atoms. The van der Waals surface area contributed by atoms with E-state index in [1.54, 1.807) is 40.6 Å². The summed E-state index contributed by atoms with van der Waals surface area (Å²) in [5.41, 5.74) is 3.68. The van der Waals surface area contributed by atoms with Crippen molar-refractivity contribution in [2.75, 3.05) is 35.0 Å². The molecule has 0 aliphatic carbocycles. The van der Waals surface area contributed by atoms with Crippen molar-refractivity contribution in [1.29, 1.82) is 0 Å². The molecule has 1 aliphatic rings. The zero-order valence-electron chi connectivity index (χ0n) is 16.6. The Balaban J connectivity index is 1.88. The van der Waals surface area contributed by atoms with Crippen molar-refractivity contribution < 1.29 is 23.7 Å². The molecule has 6 heteroatoms. The number of benzene rings is 2. The van der Waals surface area contributed by atoms with Crippen LogP contribution in [-0.4, -0.2) is 40.8 Å². The number of rotatable bonds is 7. The van der Waals surface area contributed by atoms with Crippen molar-refractivity contribution in [3.05, 3.63) is 53.1 Å². The van der Waals surface area contributed by atoms with Crippen LogP contribution in [0, 0.1) is 0 Å². The lowest BCUT2D eigenvalue weighted by Crippen LogP contribution is -2.23. The van der Waals surface area contributed by atoms with Crippen LogP contribution in [0.25, 0.3) is 5.70 Å². The molecule has 1 aliphatic heterocycles. The Hall–Kier alpha value is -3.15. The summed E-state index contributed by atoms with van der Waals surface area (Å²) in [6.07, 6.45) is 2.74. The molecule has 0 fully saturated rings. The number of ether oxygens (including phenoxy) is 4. The monoisotopic (exact) mass is 383 g/mol. The highest BCUT2D eigenvalue weighted by molar-refractivity contribution is 5.98. The van der Waals surface area contributed by atoms with Crippen LogP contribution in [0.3, 0.4) is 0 Å². The number of ketones is 1. The minimum absolute atomic E-state index is 0.0198. The summed E-state index contributed by atoms with van der Waals surface area (Å²) in [5.74, 6) is 2.63. The summed E-state index contributed by atoms with van der Waals surface area (Å²) >= 11 is 0. The number of allylic oxidation sites excluding steroid dienone is 1. The molecular weight excluding hydrogens is 358 g/mol. The lowest BCUT2D eigenvalue weighted by Gasteiger charge is -2.23. The number of hydrogen-bond donors (Lipinski definition) is 1. The molecule has 0 amide bonds. The number of nitrogens with one attached hydrogen (secondary N) is 1. The van der Waals surface area contributed by atoms with E-state index in [-0.39, 0.29) is 12.2 Å². The fraction of sp³-hybridized carbons (Fsp3) is 0.318. The van der Waals surface area contributed by atoms with E-state index in [9.17, 15) is 4.79 Å². The lowest BCUT2D eigenvalue weighted by atomic mass is 9.95. The number of carbonyl (C=O) groups excluding carboxylic acids is 1. The second-order valence-corrected chi connectivity index (χ2v) is 6.42. The fourth-order valence-corrected chi connectivity index (χ4v) is 3.33. The summed E-state index contributed by atoms with van der Waals surface area (Å²) in [6, 6.07) is 9.34. The average Bonchev–Trinajstić information content (AvgIpc) is 2.73. The Kier molecular flexibility index (Phi) is 6.09. The highest BCUT2D eigenvalue weighted by atomic mass is 16.5. The van der Waals surface area contributed by atoms with E-state index in [4.69, 9.17) is 18.9 Å². The molecular formula is C22H25NO5. The third-order valence-electron chi connectivity index (χ3n) is 4.77. The van der Waals surface area contributed by atoms with Gasteiger partial charge in [0.25, 0.3) is 0 Å². The SMILES string of the molecule is COc1ccc(CC(=O)C=C2NCCc3cc(OC)c(OC)cc32)c(OC)c1. The Labute approximate surface area is 165 Å². The molecule has 28 heavy (non-hydrogen) atoms. The van der Waals surface area contributed by atoms with Gasteiger partial charge in [0.15, 0.2) is 17.3 Å². The Morgan fingerprint density at radius 1 is 0.964 bits per heavy atom. The molecule has 2 aromatic rings. The van der Waals surface area contributed by atoms with Crippen LogP contribution in [0.5, 0.6) is 23.0 Å². The zero-order chi connectivity index (χ0) is 20.1. The summed E-state index contributed by atoms with van der Waals surface area (Å²) in [7, 11) is 6.40. The van der Waals surface area contributed by atoms with Gasteiger partial charge in [0.1, 0.15) is 11.5 Å². The predicted molar refractivity (Wildman–Crippen MR) is 107 cm³/mol. The lowest BCUT2D eigenvalue weighted by molar-refractivity contribution is -0.114. The Morgan fingerprint density at radius 2 is 1.68 bits per heavy atom. The van der Waals surface area contributed by atoms with Gasteiger partial charge in [-0.05, 0) is 30.2 Å². The molecule has 0 saturated carbocycles. The van der Waals surface area contributed by atoms with Crippen molar-refractivity contribution in [2.24, 2.45) is 0 Å². The van der Waals surface area contributed by atoms with Gasteiger partial charge >= 0.3 is 0 Å². The minimum Gasteiger partial charge on any atom is -0.497 e. The van der Waals surface area contributed by atoms with E-state index in [2.05, 4.69) is 5.32 Å². The van der Waals surface area contributed by atoms with E-state index >= 15 is 0 Å². The van der Waals surface area contributed by atoms with E-state index < -0.39 is 0 Å². The molecule has 0 unspecified atom stereocenters. The molecule has 2 aromatic carbocycles. The van der Waals surface area contributed by atoms with E-state index in [0.717, 1.165) is 35.4 Å². The number of methoxy groups -OCH3 is 4. The number of fused-ring (bicyclic) bond motifs is 1. The summed E-state index contributed by atoms with van der Waals surface area (Å²) in [6.45, 7) is 0.757. The molecule has 3 rings (SSSR count). The molecule has 0 aromatic heterocycles. The molecule has 0 spiro atoms. The van der Waals surface area contributed by atoms with Crippen LogP contribution < -0.4 is 24.3 Å². The average molecular weight is 383 g/mol. The van der Waals surface area contributed by atoms with Gasteiger partial charge in [-0.3, -0.25) is 4.79 Å². The smallest absolute Gasteiger partial charge is 0.162 e. The quantitative estimate of drug-likeness (QED) is 0.742. The van der Waals surface area contributed by atoms with Crippen molar-refractivity contribution >= 4 is 11.5 Å². The van der Waals surface area contributed by atoms with Crippen LogP contribution in [0.15, 0.2) is 36.4 Å². The normalized spacial score (nSPS) is 14.1. The van der Waals surface area contributed by atoms with Crippen molar-refractivity contribution in [3.8, 4) is 23.0 Å². The molecule has 1 heterocycles. The number of hydrogen-bond acceptors (Lipinski definition) is 6. The Bertz CT molecular complexity index is 904. The minimum atomic E-state index is -0.0198. The third-order valence-corrected chi connectivity index (χ3v) is 4.77. The van der Waals surface area contributed by atoms with Crippen LogP contribution in [0.1, 0.15) is 16.7 Å². The standard InChI is InChI=1S/C22H25NO5/c1-25-17-6-5-15(20(12-17)26-2)9-16(24)11-19-18-13-22(28-4)21(27-3)10-14(18)7-8-23-19/h5-6,10-13,23H,7-9H2,1-4H3. The maximum absolute atomic E-state index is 12.7. The van der Waals surface area contributed by atoms with Gasteiger partial charge in [-0.2, -0.15) is 0 Å². The molecule has 6 nitrogen and oxygen atoms in total. The van der Waals surface area contributed by atoms with Crippen LogP contribution in [-0.2, 0) is 17.6 Å². The second kappa shape index (κ2) is 8.69. The maximum Gasteiger partial charge on any atom is 0.162 e.